The Balaban J connectivity index is 1.31. The SMILES string of the molecule is O=C(Nc1cccc(Cl)c1)Nc1cc(F)cc(Oc2ccc3ncc(N4CCOCC4)nc3c2)c1. The number of nitrogens with zero attached hydrogens (tertiary/aromatic N) is 3. The van der Waals surface area contributed by atoms with Crippen molar-refractivity contribution in [2.45, 2.75) is 0 Å². The van der Waals surface area contributed by atoms with Crippen molar-refractivity contribution < 1.29 is 18.7 Å². The lowest BCUT2D eigenvalue weighted by Gasteiger charge is -2.27. The minimum absolute atomic E-state index is 0.222. The molecule has 2 amide bonds. The van der Waals surface area contributed by atoms with Gasteiger partial charge in [-0.25, -0.2) is 14.2 Å². The molecule has 1 aliphatic heterocycles. The number of fused-ring (bicyclic) bond motifs is 1. The van der Waals surface area contributed by atoms with Gasteiger partial charge in [0.1, 0.15) is 23.1 Å². The van der Waals surface area contributed by atoms with Gasteiger partial charge >= 0.3 is 6.03 Å². The molecule has 178 valence electrons. The van der Waals surface area contributed by atoms with Gasteiger partial charge in [-0.3, -0.25) is 4.98 Å². The van der Waals surface area contributed by atoms with Crippen LogP contribution in [0.15, 0.2) is 66.9 Å². The number of morpholine rings is 1. The molecule has 1 aliphatic rings. The first-order valence-electron chi connectivity index (χ1n) is 10.9. The lowest BCUT2D eigenvalue weighted by atomic mass is 10.2. The fraction of sp³-hybridized carbons (Fsp3) is 0.160. The number of benzene rings is 3. The minimum atomic E-state index is -0.559. The Hall–Kier alpha value is -3.95. The number of hydrogen-bond donors (Lipinski definition) is 2. The van der Waals surface area contributed by atoms with E-state index in [-0.39, 0.29) is 11.4 Å². The summed E-state index contributed by atoms with van der Waals surface area (Å²) in [5.74, 6) is 0.891. The van der Waals surface area contributed by atoms with Gasteiger partial charge in [-0.15, -0.1) is 0 Å². The Kier molecular flexibility index (Phi) is 6.60. The van der Waals surface area contributed by atoms with Gasteiger partial charge in [0.05, 0.1) is 30.4 Å². The lowest BCUT2D eigenvalue weighted by molar-refractivity contribution is 0.122. The molecule has 4 aromatic rings. The third-order valence-corrected chi connectivity index (χ3v) is 5.52. The highest BCUT2D eigenvalue weighted by molar-refractivity contribution is 6.30. The van der Waals surface area contributed by atoms with E-state index >= 15 is 0 Å². The second-order valence-corrected chi connectivity index (χ2v) is 8.28. The van der Waals surface area contributed by atoms with Gasteiger partial charge in [-0.1, -0.05) is 17.7 Å². The normalized spacial score (nSPS) is 13.5. The van der Waals surface area contributed by atoms with Crippen LogP contribution in [-0.2, 0) is 4.74 Å². The summed E-state index contributed by atoms with van der Waals surface area (Å²) in [6.45, 7) is 2.80. The number of aromatic nitrogens is 2. The monoisotopic (exact) mass is 493 g/mol. The maximum atomic E-state index is 14.3. The molecular weight excluding hydrogens is 473 g/mol. The molecule has 0 saturated carbocycles. The summed E-state index contributed by atoms with van der Waals surface area (Å²) in [4.78, 5) is 23.6. The maximum Gasteiger partial charge on any atom is 0.323 e. The van der Waals surface area contributed by atoms with Crippen molar-refractivity contribution in [3.8, 4) is 11.5 Å². The van der Waals surface area contributed by atoms with Crippen LogP contribution in [0.1, 0.15) is 0 Å². The number of ether oxygens (including phenoxy) is 2. The summed E-state index contributed by atoms with van der Waals surface area (Å²) >= 11 is 5.94. The minimum Gasteiger partial charge on any atom is -0.457 e. The summed E-state index contributed by atoms with van der Waals surface area (Å²) < 4.78 is 25.5. The standard InChI is InChI=1S/C25H21ClFN5O3/c26-16-2-1-3-18(10-16)29-25(33)30-19-11-17(27)12-21(13-19)35-20-4-5-22-23(14-20)31-24(15-28-22)32-6-8-34-9-7-32/h1-5,10-15H,6-9H2,(H2,29,30,33). The molecule has 1 saturated heterocycles. The predicted molar refractivity (Wildman–Crippen MR) is 133 cm³/mol. The first-order valence-corrected chi connectivity index (χ1v) is 11.3. The van der Waals surface area contributed by atoms with E-state index in [9.17, 15) is 9.18 Å². The van der Waals surface area contributed by atoms with E-state index in [0.29, 0.717) is 40.7 Å². The number of carbonyl (C=O) groups is 1. The quantitative estimate of drug-likeness (QED) is 0.371. The maximum absolute atomic E-state index is 14.3. The topological polar surface area (TPSA) is 88.6 Å². The van der Waals surface area contributed by atoms with Crippen molar-refractivity contribution in [3.63, 3.8) is 0 Å². The van der Waals surface area contributed by atoms with Gasteiger partial charge < -0.3 is 25.0 Å². The number of rotatable bonds is 5. The molecule has 0 aliphatic carbocycles. The zero-order valence-corrected chi connectivity index (χ0v) is 19.3. The Bertz CT molecular complexity index is 1380. The van der Waals surface area contributed by atoms with Gasteiger partial charge in [0.15, 0.2) is 0 Å². The third kappa shape index (κ3) is 5.76. The van der Waals surface area contributed by atoms with Crippen molar-refractivity contribution in [1.29, 1.82) is 0 Å². The molecule has 0 bridgehead atoms. The molecule has 0 radical (unpaired) electrons. The van der Waals surface area contributed by atoms with E-state index < -0.39 is 11.8 Å². The second-order valence-electron chi connectivity index (χ2n) is 7.85. The number of hydrogen-bond acceptors (Lipinski definition) is 6. The number of carbonyl (C=O) groups excluding carboxylic acids is 1. The average molecular weight is 494 g/mol. The molecule has 2 N–H and O–H groups in total. The molecule has 2 heterocycles. The number of amides is 2. The number of nitrogens with one attached hydrogen (secondary N) is 2. The summed E-state index contributed by atoms with van der Waals surface area (Å²) in [5, 5.41) is 5.73. The Morgan fingerprint density at radius 1 is 0.971 bits per heavy atom. The molecule has 10 heteroatoms. The molecule has 1 fully saturated rings. The Morgan fingerprint density at radius 3 is 2.63 bits per heavy atom. The van der Waals surface area contributed by atoms with Crippen LogP contribution < -0.4 is 20.3 Å². The third-order valence-electron chi connectivity index (χ3n) is 5.28. The summed E-state index contributed by atoms with van der Waals surface area (Å²) in [5.41, 5.74) is 2.11. The lowest BCUT2D eigenvalue weighted by Crippen LogP contribution is -2.36. The number of urea groups is 1. The van der Waals surface area contributed by atoms with E-state index in [4.69, 9.17) is 26.1 Å². The molecule has 3 aromatic carbocycles. The first kappa shape index (κ1) is 22.8. The fourth-order valence-corrected chi connectivity index (χ4v) is 3.87. The molecular formula is C25H21ClFN5O3. The fourth-order valence-electron chi connectivity index (χ4n) is 3.68. The highest BCUT2D eigenvalue weighted by Gasteiger charge is 2.14. The van der Waals surface area contributed by atoms with Crippen LogP contribution in [-0.4, -0.2) is 42.3 Å². The largest absolute Gasteiger partial charge is 0.457 e. The van der Waals surface area contributed by atoms with Gasteiger partial charge in [-0.2, -0.15) is 0 Å². The van der Waals surface area contributed by atoms with E-state index in [1.165, 1.54) is 18.2 Å². The van der Waals surface area contributed by atoms with Gasteiger partial charge in [0.25, 0.3) is 0 Å². The van der Waals surface area contributed by atoms with Crippen molar-refractivity contribution in [2.75, 3.05) is 41.8 Å². The molecule has 1 aromatic heterocycles. The van der Waals surface area contributed by atoms with E-state index in [2.05, 4.69) is 20.5 Å². The van der Waals surface area contributed by atoms with Gasteiger partial charge in [0, 0.05) is 47.7 Å². The van der Waals surface area contributed by atoms with Crippen LogP contribution in [0.3, 0.4) is 0 Å². The van der Waals surface area contributed by atoms with Crippen LogP contribution >= 0.6 is 11.6 Å². The van der Waals surface area contributed by atoms with Crippen molar-refractivity contribution in [3.05, 3.63) is 77.7 Å². The van der Waals surface area contributed by atoms with Crippen molar-refractivity contribution in [2.24, 2.45) is 0 Å². The van der Waals surface area contributed by atoms with E-state index in [0.717, 1.165) is 18.9 Å². The second kappa shape index (κ2) is 10.1. The first-order chi connectivity index (χ1) is 17.0. The van der Waals surface area contributed by atoms with Crippen LogP contribution in [0.25, 0.3) is 11.0 Å². The van der Waals surface area contributed by atoms with E-state index in [1.807, 2.05) is 0 Å². The highest BCUT2D eigenvalue weighted by atomic mass is 35.5. The van der Waals surface area contributed by atoms with Crippen molar-refractivity contribution >= 4 is 45.9 Å². The molecule has 8 nitrogen and oxygen atoms in total. The summed E-state index contributed by atoms with van der Waals surface area (Å²) in [7, 11) is 0. The molecule has 0 spiro atoms. The zero-order chi connectivity index (χ0) is 24.2. The molecule has 5 rings (SSSR count). The van der Waals surface area contributed by atoms with Crippen LogP contribution in [0, 0.1) is 5.82 Å². The summed E-state index contributed by atoms with van der Waals surface area (Å²) in [6.07, 6.45) is 1.74. The van der Waals surface area contributed by atoms with Gasteiger partial charge in [-0.05, 0) is 36.4 Å². The Morgan fingerprint density at radius 2 is 1.80 bits per heavy atom. The van der Waals surface area contributed by atoms with Crippen LogP contribution in [0.5, 0.6) is 11.5 Å². The summed E-state index contributed by atoms with van der Waals surface area (Å²) in [6, 6.07) is 15.4. The van der Waals surface area contributed by atoms with Crippen molar-refractivity contribution in [1.82, 2.24) is 9.97 Å². The molecule has 0 atom stereocenters. The number of halogens is 2. The average Bonchev–Trinajstić information content (AvgIpc) is 2.84. The van der Waals surface area contributed by atoms with Crippen LogP contribution in [0.2, 0.25) is 5.02 Å². The number of anilines is 3. The zero-order valence-electron chi connectivity index (χ0n) is 18.5. The molecule has 0 unspecified atom stereocenters. The smallest absolute Gasteiger partial charge is 0.323 e. The van der Waals surface area contributed by atoms with Crippen LogP contribution in [0.4, 0.5) is 26.4 Å². The van der Waals surface area contributed by atoms with Gasteiger partial charge in [0.2, 0.25) is 0 Å². The molecule has 35 heavy (non-hydrogen) atoms. The Labute approximate surface area is 205 Å². The van der Waals surface area contributed by atoms with E-state index in [1.54, 1.807) is 48.7 Å². The predicted octanol–water partition coefficient (Wildman–Crippen LogP) is 5.70. The highest BCUT2D eigenvalue weighted by Crippen LogP contribution is 2.28.